The Balaban J connectivity index is 2.18. The van der Waals surface area contributed by atoms with Gasteiger partial charge in [-0.15, -0.1) is 12.3 Å². The summed E-state index contributed by atoms with van der Waals surface area (Å²) in [7, 11) is 0. The van der Waals surface area contributed by atoms with Crippen molar-refractivity contribution in [1.29, 1.82) is 0 Å². The fourth-order valence-electron chi connectivity index (χ4n) is 2.36. The maximum Gasteiger partial charge on any atom is 0.134 e. The SMILES string of the molecule is C#CCCCC(NCCC)c1coc2ccccc12. The van der Waals surface area contributed by atoms with E-state index in [9.17, 15) is 0 Å². The molecule has 0 saturated heterocycles. The lowest BCUT2D eigenvalue weighted by Crippen LogP contribution is -2.21. The minimum atomic E-state index is 0.331. The van der Waals surface area contributed by atoms with Gasteiger partial charge in [0.15, 0.2) is 0 Å². The van der Waals surface area contributed by atoms with Crippen molar-refractivity contribution in [2.45, 2.75) is 38.6 Å². The van der Waals surface area contributed by atoms with Gasteiger partial charge >= 0.3 is 0 Å². The van der Waals surface area contributed by atoms with Crippen molar-refractivity contribution in [3.63, 3.8) is 0 Å². The summed E-state index contributed by atoms with van der Waals surface area (Å²) in [5.41, 5.74) is 2.21. The summed E-state index contributed by atoms with van der Waals surface area (Å²) < 4.78 is 5.64. The molecule has 19 heavy (non-hydrogen) atoms. The summed E-state index contributed by atoms with van der Waals surface area (Å²) >= 11 is 0. The zero-order valence-corrected chi connectivity index (χ0v) is 11.5. The van der Waals surface area contributed by atoms with E-state index in [0.29, 0.717) is 6.04 Å². The molecule has 0 saturated carbocycles. The van der Waals surface area contributed by atoms with Crippen molar-refractivity contribution in [2.75, 3.05) is 6.54 Å². The molecule has 1 N–H and O–H groups in total. The van der Waals surface area contributed by atoms with Gasteiger partial charge in [0.2, 0.25) is 0 Å². The summed E-state index contributed by atoms with van der Waals surface area (Å²) in [4.78, 5) is 0. The second kappa shape index (κ2) is 7.01. The highest BCUT2D eigenvalue weighted by Crippen LogP contribution is 2.29. The summed E-state index contributed by atoms with van der Waals surface area (Å²) in [6.45, 7) is 3.19. The standard InChI is InChI=1S/C17H21NO/c1-3-5-6-10-16(18-12-4-2)15-13-19-17-11-8-7-9-14(15)17/h1,7-9,11,13,16,18H,4-6,10,12H2,2H3. The van der Waals surface area contributed by atoms with E-state index in [1.54, 1.807) is 0 Å². The van der Waals surface area contributed by atoms with Crippen molar-refractivity contribution in [2.24, 2.45) is 0 Å². The predicted molar refractivity (Wildman–Crippen MR) is 79.9 cm³/mol. The van der Waals surface area contributed by atoms with Gasteiger partial charge in [-0.05, 0) is 31.9 Å². The quantitative estimate of drug-likeness (QED) is 0.590. The molecule has 0 fully saturated rings. The van der Waals surface area contributed by atoms with Crippen LogP contribution in [-0.2, 0) is 0 Å². The highest BCUT2D eigenvalue weighted by atomic mass is 16.3. The fraction of sp³-hybridized carbons (Fsp3) is 0.412. The molecule has 2 nitrogen and oxygen atoms in total. The maximum atomic E-state index is 5.64. The summed E-state index contributed by atoms with van der Waals surface area (Å²) in [6, 6.07) is 8.52. The number of fused-ring (bicyclic) bond motifs is 1. The van der Waals surface area contributed by atoms with Gasteiger partial charge in [-0.2, -0.15) is 0 Å². The lowest BCUT2D eigenvalue weighted by atomic mass is 10.00. The van der Waals surface area contributed by atoms with E-state index in [2.05, 4.69) is 30.3 Å². The lowest BCUT2D eigenvalue weighted by Gasteiger charge is -2.17. The van der Waals surface area contributed by atoms with Crippen molar-refractivity contribution in [1.82, 2.24) is 5.32 Å². The number of furan rings is 1. The monoisotopic (exact) mass is 255 g/mol. The molecule has 100 valence electrons. The minimum absolute atomic E-state index is 0.331. The highest BCUT2D eigenvalue weighted by Gasteiger charge is 2.15. The number of hydrogen-bond acceptors (Lipinski definition) is 2. The third-order valence-corrected chi connectivity index (χ3v) is 3.34. The molecule has 1 unspecified atom stereocenters. The molecule has 0 aliphatic rings. The summed E-state index contributed by atoms with van der Waals surface area (Å²) in [6.07, 6.45) is 11.3. The normalized spacial score (nSPS) is 12.4. The van der Waals surface area contributed by atoms with Gasteiger partial charge in [-0.3, -0.25) is 0 Å². The molecule has 2 aromatic rings. The Hall–Kier alpha value is -1.72. The van der Waals surface area contributed by atoms with Crippen LogP contribution in [0, 0.1) is 12.3 Å². The van der Waals surface area contributed by atoms with Gasteiger partial charge in [0, 0.05) is 23.4 Å². The highest BCUT2D eigenvalue weighted by molar-refractivity contribution is 5.81. The van der Waals surface area contributed by atoms with Crippen molar-refractivity contribution in [3.05, 3.63) is 36.1 Å². The van der Waals surface area contributed by atoms with Crippen molar-refractivity contribution < 1.29 is 4.42 Å². The molecule has 0 amide bonds. The fourth-order valence-corrected chi connectivity index (χ4v) is 2.36. The summed E-state index contributed by atoms with van der Waals surface area (Å²) in [5.74, 6) is 2.71. The molecular weight excluding hydrogens is 234 g/mol. The Morgan fingerprint density at radius 3 is 3.00 bits per heavy atom. The first-order valence-electron chi connectivity index (χ1n) is 6.99. The number of hydrogen-bond donors (Lipinski definition) is 1. The molecule has 1 atom stereocenters. The molecular formula is C17H21NO. The van der Waals surface area contributed by atoms with Gasteiger partial charge in [0.1, 0.15) is 5.58 Å². The third-order valence-electron chi connectivity index (χ3n) is 3.34. The smallest absolute Gasteiger partial charge is 0.134 e. The Morgan fingerprint density at radius 2 is 2.21 bits per heavy atom. The Bertz CT molecular complexity index is 550. The van der Waals surface area contributed by atoms with E-state index in [4.69, 9.17) is 10.8 Å². The summed E-state index contributed by atoms with van der Waals surface area (Å²) in [5, 5.41) is 4.80. The van der Waals surface area contributed by atoms with Crippen LogP contribution < -0.4 is 5.32 Å². The first-order chi connectivity index (χ1) is 9.36. The van der Waals surface area contributed by atoms with Crippen LogP contribution in [-0.4, -0.2) is 6.54 Å². The van der Waals surface area contributed by atoms with Crippen LogP contribution in [0.5, 0.6) is 0 Å². The molecule has 0 radical (unpaired) electrons. The van der Waals surface area contributed by atoms with E-state index in [1.165, 1.54) is 10.9 Å². The van der Waals surface area contributed by atoms with Gasteiger partial charge in [0.05, 0.1) is 6.26 Å². The minimum Gasteiger partial charge on any atom is -0.464 e. The van der Waals surface area contributed by atoms with Gasteiger partial charge in [-0.25, -0.2) is 0 Å². The number of unbranched alkanes of at least 4 members (excludes halogenated alkanes) is 1. The third kappa shape index (κ3) is 3.39. The van der Waals surface area contributed by atoms with Crippen LogP contribution in [0.4, 0.5) is 0 Å². The Labute approximate surface area is 115 Å². The molecule has 1 aromatic heterocycles. The van der Waals surface area contributed by atoms with Crippen LogP contribution in [0.15, 0.2) is 34.9 Å². The molecule has 0 aliphatic carbocycles. The zero-order chi connectivity index (χ0) is 13.5. The molecule has 2 rings (SSSR count). The van der Waals surface area contributed by atoms with Crippen LogP contribution in [0.1, 0.15) is 44.2 Å². The number of terminal acetylenes is 1. The van der Waals surface area contributed by atoms with Crippen LogP contribution in [0.2, 0.25) is 0 Å². The first-order valence-corrected chi connectivity index (χ1v) is 6.99. The molecule has 2 heteroatoms. The zero-order valence-electron chi connectivity index (χ0n) is 11.5. The Kier molecular flexibility index (Phi) is 5.06. The van der Waals surface area contributed by atoms with Gasteiger partial charge in [-0.1, -0.05) is 25.1 Å². The average molecular weight is 255 g/mol. The largest absolute Gasteiger partial charge is 0.464 e. The maximum absolute atomic E-state index is 5.64. The predicted octanol–water partition coefficient (Wildman–Crippen LogP) is 4.28. The van der Waals surface area contributed by atoms with Crippen LogP contribution in [0.25, 0.3) is 11.0 Å². The van der Waals surface area contributed by atoms with E-state index in [1.807, 2.05) is 18.4 Å². The van der Waals surface area contributed by atoms with Crippen molar-refractivity contribution >= 4 is 11.0 Å². The average Bonchev–Trinajstić information content (AvgIpc) is 2.87. The first kappa shape index (κ1) is 13.7. The number of benzene rings is 1. The molecule has 0 aliphatic heterocycles. The number of rotatable bonds is 7. The van der Waals surface area contributed by atoms with Crippen LogP contribution in [0.3, 0.4) is 0 Å². The molecule has 1 heterocycles. The van der Waals surface area contributed by atoms with Gasteiger partial charge in [0.25, 0.3) is 0 Å². The van der Waals surface area contributed by atoms with Gasteiger partial charge < -0.3 is 9.73 Å². The lowest BCUT2D eigenvalue weighted by molar-refractivity contribution is 0.482. The second-order valence-electron chi connectivity index (χ2n) is 4.79. The molecule has 1 aromatic carbocycles. The number of nitrogens with one attached hydrogen (secondary N) is 1. The topological polar surface area (TPSA) is 25.2 Å². The van der Waals surface area contributed by atoms with E-state index in [0.717, 1.165) is 37.8 Å². The van der Waals surface area contributed by atoms with Crippen LogP contribution >= 0.6 is 0 Å². The van der Waals surface area contributed by atoms with E-state index >= 15 is 0 Å². The second-order valence-corrected chi connectivity index (χ2v) is 4.79. The van der Waals surface area contributed by atoms with E-state index < -0.39 is 0 Å². The number of para-hydroxylation sites is 1. The Morgan fingerprint density at radius 1 is 1.37 bits per heavy atom. The molecule has 0 spiro atoms. The van der Waals surface area contributed by atoms with E-state index in [-0.39, 0.29) is 0 Å². The van der Waals surface area contributed by atoms with Crippen molar-refractivity contribution in [3.8, 4) is 12.3 Å². The molecule has 0 bridgehead atoms.